The van der Waals surface area contributed by atoms with Crippen LogP contribution in [0.4, 0.5) is 0 Å². The molecule has 0 radical (unpaired) electrons. The van der Waals surface area contributed by atoms with Crippen molar-refractivity contribution in [2.24, 2.45) is 16.1 Å². The van der Waals surface area contributed by atoms with Gasteiger partial charge in [-0.2, -0.15) is 0 Å². The fraction of sp³-hybridized carbons (Fsp3) is 0.917. The summed E-state index contributed by atoms with van der Waals surface area (Å²) >= 11 is 0. The van der Waals surface area contributed by atoms with Gasteiger partial charge in [0, 0.05) is 6.04 Å². The van der Waals surface area contributed by atoms with E-state index in [0.717, 1.165) is 12.5 Å². The zero-order chi connectivity index (χ0) is 11.3. The highest BCUT2D eigenvalue weighted by atomic mass is 15.4. The van der Waals surface area contributed by atoms with Crippen LogP contribution in [-0.4, -0.2) is 29.0 Å². The smallest absolute Gasteiger partial charge is 0.192 e. The number of guanidine groups is 1. The number of nitrogens with zero attached hydrogens (tertiary/aromatic N) is 2. The van der Waals surface area contributed by atoms with Gasteiger partial charge in [0.15, 0.2) is 5.96 Å². The van der Waals surface area contributed by atoms with E-state index in [1.54, 1.807) is 0 Å². The zero-order valence-corrected chi connectivity index (χ0v) is 10.4. The normalized spacial score (nSPS) is 34.2. The van der Waals surface area contributed by atoms with Crippen LogP contribution >= 0.6 is 0 Å². The predicted octanol–water partition coefficient (Wildman–Crippen LogP) is 1.97. The summed E-state index contributed by atoms with van der Waals surface area (Å²) in [6.45, 7) is 10.0. The molecule has 2 aliphatic rings. The molecule has 2 N–H and O–H groups in total. The van der Waals surface area contributed by atoms with E-state index in [1.807, 2.05) is 0 Å². The van der Waals surface area contributed by atoms with Crippen molar-refractivity contribution in [1.29, 1.82) is 0 Å². The third kappa shape index (κ3) is 1.62. The van der Waals surface area contributed by atoms with E-state index in [-0.39, 0.29) is 5.54 Å². The highest BCUT2D eigenvalue weighted by Crippen LogP contribution is 2.48. The van der Waals surface area contributed by atoms with Crippen molar-refractivity contribution in [2.75, 3.05) is 6.54 Å². The van der Waals surface area contributed by atoms with Crippen LogP contribution in [-0.2, 0) is 0 Å². The molecule has 0 amide bonds. The molecule has 2 rings (SSSR count). The van der Waals surface area contributed by atoms with Gasteiger partial charge >= 0.3 is 0 Å². The average Bonchev–Trinajstić information content (AvgIpc) is 2.54. The zero-order valence-electron chi connectivity index (χ0n) is 10.4. The molecule has 1 atom stereocenters. The molecule has 1 saturated carbocycles. The molecule has 3 heteroatoms. The summed E-state index contributed by atoms with van der Waals surface area (Å²) in [5, 5.41) is 0. The molecule has 1 unspecified atom stereocenters. The van der Waals surface area contributed by atoms with E-state index in [0.29, 0.717) is 11.5 Å². The summed E-state index contributed by atoms with van der Waals surface area (Å²) in [6, 6.07) is 0.463. The van der Waals surface area contributed by atoms with Crippen LogP contribution in [0.25, 0.3) is 0 Å². The lowest BCUT2D eigenvalue weighted by Gasteiger charge is -2.40. The Kier molecular flexibility index (Phi) is 2.25. The number of aliphatic imine (C=N–C) groups is 1. The quantitative estimate of drug-likeness (QED) is 0.717. The summed E-state index contributed by atoms with van der Waals surface area (Å²) < 4.78 is 0. The summed E-state index contributed by atoms with van der Waals surface area (Å²) in [5.41, 5.74) is 6.69. The lowest BCUT2D eigenvalue weighted by atomic mass is 9.87. The minimum atomic E-state index is 0.238. The van der Waals surface area contributed by atoms with Crippen LogP contribution in [0.1, 0.15) is 47.0 Å². The van der Waals surface area contributed by atoms with Gasteiger partial charge in [0.05, 0.1) is 12.1 Å². The molecule has 0 bridgehead atoms. The maximum atomic E-state index is 6.00. The third-order valence-corrected chi connectivity index (χ3v) is 3.88. The van der Waals surface area contributed by atoms with Gasteiger partial charge in [-0.3, -0.25) is 4.99 Å². The van der Waals surface area contributed by atoms with Crippen molar-refractivity contribution in [3.63, 3.8) is 0 Å². The fourth-order valence-electron chi connectivity index (χ4n) is 3.41. The highest BCUT2D eigenvalue weighted by Gasteiger charge is 2.50. The maximum absolute atomic E-state index is 6.00. The minimum absolute atomic E-state index is 0.238. The Bertz CT molecular complexity index is 293. The van der Waals surface area contributed by atoms with Crippen molar-refractivity contribution in [3.05, 3.63) is 0 Å². The SMILES string of the molecule is CC(C)N1C(N)=NCC12CCC(C)(C)C2. The Hall–Kier alpha value is -0.730. The summed E-state index contributed by atoms with van der Waals surface area (Å²) in [4.78, 5) is 6.81. The summed E-state index contributed by atoms with van der Waals surface area (Å²) in [7, 11) is 0. The first-order valence-corrected chi connectivity index (χ1v) is 5.96. The minimum Gasteiger partial charge on any atom is -0.370 e. The molecule has 1 aliphatic carbocycles. The van der Waals surface area contributed by atoms with E-state index in [4.69, 9.17) is 5.73 Å². The van der Waals surface area contributed by atoms with E-state index in [1.165, 1.54) is 19.3 Å². The fourth-order valence-corrected chi connectivity index (χ4v) is 3.41. The summed E-state index contributed by atoms with van der Waals surface area (Å²) in [6.07, 6.45) is 3.75. The van der Waals surface area contributed by atoms with E-state index in [9.17, 15) is 0 Å². The van der Waals surface area contributed by atoms with Crippen molar-refractivity contribution >= 4 is 5.96 Å². The van der Waals surface area contributed by atoms with E-state index >= 15 is 0 Å². The number of nitrogens with two attached hydrogens (primary N) is 1. The highest BCUT2D eigenvalue weighted by molar-refractivity contribution is 5.81. The Morgan fingerprint density at radius 3 is 2.47 bits per heavy atom. The topological polar surface area (TPSA) is 41.6 Å². The molecule has 1 heterocycles. The molecule has 1 aliphatic heterocycles. The molecule has 3 nitrogen and oxygen atoms in total. The predicted molar refractivity (Wildman–Crippen MR) is 63.8 cm³/mol. The van der Waals surface area contributed by atoms with Crippen LogP contribution in [0.15, 0.2) is 4.99 Å². The number of rotatable bonds is 1. The van der Waals surface area contributed by atoms with Gasteiger partial charge in [0.2, 0.25) is 0 Å². The van der Waals surface area contributed by atoms with Crippen molar-refractivity contribution in [1.82, 2.24) is 4.90 Å². The molecule has 15 heavy (non-hydrogen) atoms. The standard InChI is InChI=1S/C12H23N3/c1-9(2)15-10(13)14-8-12(15)6-5-11(3,4)7-12/h9H,5-8H2,1-4H3,(H2,13,14). The van der Waals surface area contributed by atoms with Gasteiger partial charge in [-0.05, 0) is 38.5 Å². The summed E-state index contributed by atoms with van der Waals surface area (Å²) in [5.74, 6) is 0.753. The molecular weight excluding hydrogens is 186 g/mol. The second-order valence-electron chi connectivity index (χ2n) is 6.20. The monoisotopic (exact) mass is 209 g/mol. The third-order valence-electron chi connectivity index (χ3n) is 3.88. The lowest BCUT2D eigenvalue weighted by Crippen LogP contribution is -2.53. The molecule has 1 fully saturated rings. The van der Waals surface area contributed by atoms with Crippen LogP contribution in [0.2, 0.25) is 0 Å². The van der Waals surface area contributed by atoms with Gasteiger partial charge in [0.25, 0.3) is 0 Å². The number of hydrogen-bond donors (Lipinski definition) is 1. The largest absolute Gasteiger partial charge is 0.370 e. The molecular formula is C12H23N3. The average molecular weight is 209 g/mol. The first-order chi connectivity index (χ1) is 6.86. The maximum Gasteiger partial charge on any atom is 0.192 e. The Balaban J connectivity index is 2.24. The first-order valence-electron chi connectivity index (χ1n) is 5.96. The molecule has 1 spiro atoms. The lowest BCUT2D eigenvalue weighted by molar-refractivity contribution is 0.155. The van der Waals surface area contributed by atoms with Gasteiger partial charge in [0.1, 0.15) is 0 Å². The van der Waals surface area contributed by atoms with Gasteiger partial charge < -0.3 is 10.6 Å². The van der Waals surface area contributed by atoms with E-state index in [2.05, 4.69) is 37.6 Å². The van der Waals surface area contributed by atoms with Crippen molar-refractivity contribution in [2.45, 2.75) is 58.5 Å². The van der Waals surface area contributed by atoms with Crippen LogP contribution in [0, 0.1) is 5.41 Å². The van der Waals surface area contributed by atoms with Crippen LogP contribution in [0.3, 0.4) is 0 Å². The first kappa shape index (κ1) is 10.8. The Labute approximate surface area is 92.7 Å². The van der Waals surface area contributed by atoms with Crippen LogP contribution < -0.4 is 5.73 Å². The van der Waals surface area contributed by atoms with Gasteiger partial charge in [-0.15, -0.1) is 0 Å². The van der Waals surface area contributed by atoms with Crippen molar-refractivity contribution in [3.8, 4) is 0 Å². The van der Waals surface area contributed by atoms with E-state index < -0.39 is 0 Å². The molecule has 86 valence electrons. The van der Waals surface area contributed by atoms with Crippen molar-refractivity contribution < 1.29 is 0 Å². The second kappa shape index (κ2) is 3.13. The Morgan fingerprint density at radius 1 is 1.33 bits per heavy atom. The molecule has 0 saturated heterocycles. The molecule has 0 aromatic rings. The Morgan fingerprint density at radius 2 is 2.00 bits per heavy atom. The van der Waals surface area contributed by atoms with Crippen LogP contribution in [0.5, 0.6) is 0 Å². The second-order valence-corrected chi connectivity index (χ2v) is 6.20. The van der Waals surface area contributed by atoms with Gasteiger partial charge in [-0.1, -0.05) is 13.8 Å². The number of hydrogen-bond acceptors (Lipinski definition) is 3. The molecule has 0 aromatic heterocycles. The van der Waals surface area contributed by atoms with Gasteiger partial charge in [-0.25, -0.2) is 0 Å². The molecule has 0 aromatic carbocycles.